The minimum Gasteiger partial charge on any atom is -0.490 e. The van der Waals surface area contributed by atoms with Crippen molar-refractivity contribution in [3.63, 3.8) is 0 Å². The van der Waals surface area contributed by atoms with Gasteiger partial charge < -0.3 is 29.0 Å². The topological polar surface area (TPSA) is 135 Å². The van der Waals surface area contributed by atoms with Crippen molar-refractivity contribution >= 4 is 17.6 Å². The first kappa shape index (κ1) is 32.3. The van der Waals surface area contributed by atoms with E-state index in [9.17, 15) is 19.7 Å². The van der Waals surface area contributed by atoms with Gasteiger partial charge in [-0.3, -0.25) is 10.1 Å². The van der Waals surface area contributed by atoms with Crippen LogP contribution in [0.15, 0.2) is 71.1 Å². The molecule has 0 radical (unpaired) electrons. The van der Waals surface area contributed by atoms with Gasteiger partial charge in [0.1, 0.15) is 25.8 Å². The number of ether oxygens (including phenoxy) is 5. The van der Waals surface area contributed by atoms with Crippen LogP contribution in [-0.2, 0) is 35.0 Å². The van der Waals surface area contributed by atoms with Crippen LogP contribution in [-0.4, -0.2) is 56.7 Å². The van der Waals surface area contributed by atoms with Crippen molar-refractivity contribution in [1.29, 1.82) is 0 Å². The van der Waals surface area contributed by atoms with Crippen LogP contribution in [0.2, 0.25) is 0 Å². The zero-order valence-corrected chi connectivity index (χ0v) is 24.6. The Morgan fingerprint density at radius 2 is 1.69 bits per heavy atom. The Hall–Kier alpha value is -4.22. The number of hydrogen-bond donors (Lipinski definition) is 1. The average molecular weight is 583 g/mol. The lowest BCUT2D eigenvalue weighted by Crippen LogP contribution is -2.32. The summed E-state index contributed by atoms with van der Waals surface area (Å²) in [5.74, 6) is -1.65. The maximum Gasteiger partial charge on any atom is 0.336 e. The summed E-state index contributed by atoms with van der Waals surface area (Å²) in [6.07, 6.45) is 1.68. The van der Waals surface area contributed by atoms with E-state index >= 15 is 0 Å². The zero-order valence-electron chi connectivity index (χ0n) is 24.6. The second kappa shape index (κ2) is 15.7. The van der Waals surface area contributed by atoms with E-state index in [-0.39, 0.29) is 42.9 Å². The number of nitro benzene ring substituents is 1. The molecule has 11 nitrogen and oxygen atoms in total. The number of non-ortho nitro benzene ring substituents is 1. The summed E-state index contributed by atoms with van der Waals surface area (Å²) < 4.78 is 27.3. The van der Waals surface area contributed by atoms with Crippen molar-refractivity contribution in [1.82, 2.24) is 5.32 Å². The van der Waals surface area contributed by atoms with E-state index in [0.29, 0.717) is 29.3 Å². The lowest BCUT2D eigenvalue weighted by molar-refractivity contribution is -0.384. The molecule has 1 aliphatic rings. The van der Waals surface area contributed by atoms with E-state index in [0.717, 1.165) is 18.4 Å². The van der Waals surface area contributed by atoms with Gasteiger partial charge in [0.05, 0.1) is 35.2 Å². The number of nitrogens with zero attached hydrogens (tertiary/aromatic N) is 1. The van der Waals surface area contributed by atoms with Crippen molar-refractivity contribution in [3.8, 4) is 5.75 Å². The summed E-state index contributed by atoms with van der Waals surface area (Å²) in [6.45, 7) is 8.37. The molecule has 0 aromatic heterocycles. The van der Waals surface area contributed by atoms with Crippen LogP contribution in [0.25, 0.3) is 0 Å². The maximum absolute atomic E-state index is 13.3. The van der Waals surface area contributed by atoms with Gasteiger partial charge in [0, 0.05) is 30.1 Å². The molecule has 0 saturated heterocycles. The Bertz CT molecular complexity index is 1320. The molecule has 0 aliphatic carbocycles. The highest BCUT2D eigenvalue weighted by atomic mass is 16.7. The molecular weight excluding hydrogens is 544 g/mol. The quantitative estimate of drug-likeness (QED) is 0.101. The minimum absolute atomic E-state index is 0.00394. The normalized spacial score (nSPS) is 15.6. The third-order valence-electron chi connectivity index (χ3n) is 6.62. The fraction of sp³-hybridized carbons (Fsp3) is 0.419. The number of allylic oxidation sites excluding steroid dienone is 2. The molecule has 226 valence electrons. The monoisotopic (exact) mass is 582 g/mol. The van der Waals surface area contributed by atoms with E-state index < -0.39 is 22.8 Å². The molecule has 2 unspecified atom stereocenters. The van der Waals surface area contributed by atoms with Gasteiger partial charge in [-0.15, -0.1) is 0 Å². The van der Waals surface area contributed by atoms with Crippen molar-refractivity contribution < 1.29 is 38.2 Å². The Kier molecular flexibility index (Phi) is 12.1. The Morgan fingerprint density at radius 3 is 2.33 bits per heavy atom. The van der Waals surface area contributed by atoms with Gasteiger partial charge in [-0.2, -0.15) is 0 Å². The first-order valence-electron chi connectivity index (χ1n) is 13.8. The highest BCUT2D eigenvalue weighted by molar-refractivity contribution is 5.99. The lowest BCUT2D eigenvalue weighted by Gasteiger charge is -2.30. The third kappa shape index (κ3) is 8.64. The molecule has 42 heavy (non-hydrogen) atoms. The minimum atomic E-state index is -0.927. The smallest absolute Gasteiger partial charge is 0.336 e. The number of rotatable bonds is 15. The van der Waals surface area contributed by atoms with E-state index in [1.54, 1.807) is 19.9 Å². The summed E-state index contributed by atoms with van der Waals surface area (Å²) in [7, 11) is 1.23. The molecule has 2 atom stereocenters. The van der Waals surface area contributed by atoms with E-state index in [1.165, 1.54) is 25.3 Å². The van der Waals surface area contributed by atoms with Crippen molar-refractivity contribution in [2.24, 2.45) is 0 Å². The number of esters is 2. The van der Waals surface area contributed by atoms with Gasteiger partial charge >= 0.3 is 11.9 Å². The molecular formula is C31H38N2O9. The molecule has 0 saturated carbocycles. The molecule has 1 aliphatic heterocycles. The van der Waals surface area contributed by atoms with Crippen LogP contribution in [0.3, 0.4) is 0 Å². The molecule has 0 amide bonds. The molecule has 2 aromatic rings. The fourth-order valence-electron chi connectivity index (χ4n) is 4.65. The molecule has 11 heteroatoms. The van der Waals surface area contributed by atoms with Crippen LogP contribution in [0.1, 0.15) is 51.2 Å². The largest absolute Gasteiger partial charge is 0.490 e. The number of benzene rings is 2. The van der Waals surface area contributed by atoms with Crippen molar-refractivity contribution in [2.45, 2.75) is 52.6 Å². The summed E-state index contributed by atoms with van der Waals surface area (Å²) in [5.41, 5.74) is 2.57. The van der Waals surface area contributed by atoms with Gasteiger partial charge in [-0.25, -0.2) is 9.59 Å². The predicted molar refractivity (Wildman–Crippen MR) is 155 cm³/mol. The highest BCUT2D eigenvalue weighted by Gasteiger charge is 2.38. The summed E-state index contributed by atoms with van der Waals surface area (Å²) in [5, 5.41) is 14.5. The lowest BCUT2D eigenvalue weighted by atomic mass is 9.80. The molecule has 1 N–H and O–H groups in total. The van der Waals surface area contributed by atoms with Crippen LogP contribution in [0, 0.1) is 10.1 Å². The van der Waals surface area contributed by atoms with E-state index in [4.69, 9.17) is 23.7 Å². The predicted octanol–water partition coefficient (Wildman–Crippen LogP) is 4.96. The van der Waals surface area contributed by atoms with Crippen LogP contribution in [0.4, 0.5) is 5.69 Å². The Labute approximate surface area is 245 Å². The molecule has 0 spiro atoms. The van der Waals surface area contributed by atoms with Gasteiger partial charge in [-0.05, 0) is 56.9 Å². The molecule has 1 heterocycles. The number of carbonyl (C=O) groups excluding carboxylic acids is 2. The van der Waals surface area contributed by atoms with E-state index in [2.05, 4.69) is 5.32 Å². The van der Waals surface area contributed by atoms with Crippen LogP contribution < -0.4 is 10.1 Å². The Balaban J connectivity index is 1.64. The van der Waals surface area contributed by atoms with Gasteiger partial charge in [0.15, 0.2) is 0 Å². The molecule has 0 bridgehead atoms. The fourth-order valence-corrected chi connectivity index (χ4v) is 4.65. The van der Waals surface area contributed by atoms with Gasteiger partial charge in [-0.1, -0.05) is 31.2 Å². The number of nitrogens with one attached hydrogen (secondary N) is 1. The second-order valence-electron chi connectivity index (χ2n) is 9.81. The number of hydrogen-bond acceptors (Lipinski definition) is 10. The van der Waals surface area contributed by atoms with Gasteiger partial charge in [0.2, 0.25) is 0 Å². The third-order valence-corrected chi connectivity index (χ3v) is 6.62. The maximum atomic E-state index is 13.3. The summed E-state index contributed by atoms with van der Waals surface area (Å²) in [6, 6.07) is 13.4. The first-order valence-corrected chi connectivity index (χ1v) is 13.8. The SMILES string of the molecule is CCCOCOC(C)Cc1ccc(OCCOC(=O)C2=C(C)NC(C)=C(C(=O)OC)C2c2cccc([N+](=O)[O-])c2)cc1. The number of carbonyl (C=O) groups is 2. The molecule has 0 fully saturated rings. The summed E-state index contributed by atoms with van der Waals surface area (Å²) in [4.78, 5) is 37.0. The van der Waals surface area contributed by atoms with Crippen LogP contribution >= 0.6 is 0 Å². The number of nitro groups is 1. The summed E-state index contributed by atoms with van der Waals surface area (Å²) >= 11 is 0. The van der Waals surface area contributed by atoms with Crippen LogP contribution in [0.5, 0.6) is 5.75 Å². The zero-order chi connectivity index (χ0) is 30.6. The molecule has 3 rings (SSSR count). The first-order chi connectivity index (χ1) is 20.2. The second-order valence-corrected chi connectivity index (χ2v) is 9.81. The number of dihydropyridines is 1. The number of methoxy groups -OCH3 is 1. The van der Waals surface area contributed by atoms with Gasteiger partial charge in [0.25, 0.3) is 5.69 Å². The highest BCUT2D eigenvalue weighted by Crippen LogP contribution is 2.40. The standard InChI is InChI=1S/C31H38N2O9/c1-6-14-39-19-42-20(2)17-23-10-12-26(13-11-23)40-15-16-41-31(35)28-22(4)32-21(3)27(30(34)38-5)29(28)24-8-7-9-25(18-24)33(36)37/h7-13,18,20,29,32H,6,14-17,19H2,1-5H3. The average Bonchev–Trinajstić information content (AvgIpc) is 2.97. The van der Waals surface area contributed by atoms with Crippen molar-refractivity contribution in [2.75, 3.05) is 33.7 Å². The molecule has 2 aromatic carbocycles. The Morgan fingerprint density at radius 1 is 1.00 bits per heavy atom. The van der Waals surface area contributed by atoms with E-state index in [1.807, 2.05) is 38.1 Å². The van der Waals surface area contributed by atoms with Crippen molar-refractivity contribution in [3.05, 3.63) is 92.3 Å².